The van der Waals surface area contributed by atoms with Crippen molar-refractivity contribution < 1.29 is 28.8 Å². The Kier molecular flexibility index (Phi) is 5.63. The summed E-state index contributed by atoms with van der Waals surface area (Å²) < 4.78 is 5.12. The SMILES string of the molecule is C[Si](C)(C)CCOC(=O)N[C@H](C(=O)ON1C(=O)CCC1=O)C1CC1. The van der Waals surface area contributed by atoms with E-state index in [1.54, 1.807) is 0 Å². The van der Waals surface area contributed by atoms with Gasteiger partial charge in [0.1, 0.15) is 6.04 Å². The molecule has 134 valence electrons. The van der Waals surface area contributed by atoms with E-state index < -0.39 is 38.0 Å². The molecule has 3 amide bonds. The number of imide groups is 1. The Morgan fingerprint density at radius 2 is 1.79 bits per heavy atom. The van der Waals surface area contributed by atoms with Crippen LogP contribution in [0.5, 0.6) is 0 Å². The van der Waals surface area contributed by atoms with Crippen molar-refractivity contribution in [2.24, 2.45) is 5.92 Å². The molecule has 0 radical (unpaired) electrons. The normalized spacial score (nSPS) is 19.2. The lowest BCUT2D eigenvalue weighted by molar-refractivity contribution is -0.199. The van der Waals surface area contributed by atoms with E-state index in [9.17, 15) is 19.2 Å². The second kappa shape index (κ2) is 7.33. The Bertz CT molecular complexity index is 525. The summed E-state index contributed by atoms with van der Waals surface area (Å²) in [6.45, 7) is 6.81. The second-order valence-electron chi connectivity index (χ2n) is 7.40. The van der Waals surface area contributed by atoms with Gasteiger partial charge in [0.25, 0.3) is 11.8 Å². The molecule has 1 N–H and O–H groups in total. The van der Waals surface area contributed by atoms with Crippen LogP contribution in [0.2, 0.25) is 25.7 Å². The fraction of sp³-hybridized carbons (Fsp3) is 0.733. The average molecular weight is 356 g/mol. The number of carbonyl (C=O) groups is 4. The third-order valence-corrected chi connectivity index (χ3v) is 5.60. The Hall–Kier alpha value is -1.90. The summed E-state index contributed by atoms with van der Waals surface area (Å²) in [6.07, 6.45) is 0.938. The average Bonchev–Trinajstić information content (AvgIpc) is 3.25. The molecule has 1 saturated carbocycles. The zero-order valence-corrected chi connectivity index (χ0v) is 15.3. The van der Waals surface area contributed by atoms with Crippen LogP contribution in [0.1, 0.15) is 25.7 Å². The van der Waals surface area contributed by atoms with Crippen LogP contribution in [0.25, 0.3) is 0 Å². The van der Waals surface area contributed by atoms with Gasteiger partial charge in [0.05, 0.1) is 6.61 Å². The minimum absolute atomic E-state index is 0.0341. The predicted octanol–water partition coefficient (Wildman–Crippen LogP) is 1.44. The molecule has 0 aromatic carbocycles. The smallest absolute Gasteiger partial charge is 0.407 e. The summed E-state index contributed by atoms with van der Waals surface area (Å²) in [6, 6.07) is -0.0685. The molecule has 1 heterocycles. The highest BCUT2D eigenvalue weighted by Crippen LogP contribution is 2.33. The Morgan fingerprint density at radius 1 is 1.21 bits per heavy atom. The van der Waals surface area contributed by atoms with E-state index in [0.717, 1.165) is 18.9 Å². The molecular weight excluding hydrogens is 332 g/mol. The summed E-state index contributed by atoms with van der Waals surface area (Å²) in [4.78, 5) is 52.0. The maximum atomic E-state index is 12.2. The molecule has 24 heavy (non-hydrogen) atoms. The van der Waals surface area contributed by atoms with Crippen molar-refractivity contribution in [2.75, 3.05) is 6.61 Å². The van der Waals surface area contributed by atoms with Crippen molar-refractivity contribution in [1.29, 1.82) is 0 Å². The first-order valence-electron chi connectivity index (χ1n) is 8.18. The minimum Gasteiger partial charge on any atom is -0.450 e. The predicted molar refractivity (Wildman–Crippen MR) is 86.3 cm³/mol. The number of ether oxygens (including phenoxy) is 1. The quantitative estimate of drug-likeness (QED) is 0.547. The van der Waals surface area contributed by atoms with Crippen molar-refractivity contribution in [3.63, 3.8) is 0 Å². The lowest BCUT2D eigenvalue weighted by Gasteiger charge is -2.20. The number of alkyl carbamates (subject to hydrolysis) is 1. The summed E-state index contributed by atoms with van der Waals surface area (Å²) in [5.74, 6) is -1.93. The molecule has 1 aliphatic heterocycles. The molecule has 1 aliphatic carbocycles. The van der Waals surface area contributed by atoms with Crippen molar-refractivity contribution in [3.8, 4) is 0 Å². The third kappa shape index (κ3) is 5.33. The first-order chi connectivity index (χ1) is 11.2. The van der Waals surface area contributed by atoms with Gasteiger partial charge in [-0.1, -0.05) is 19.6 Å². The van der Waals surface area contributed by atoms with Gasteiger partial charge in [-0.05, 0) is 24.8 Å². The van der Waals surface area contributed by atoms with E-state index in [0.29, 0.717) is 11.7 Å². The third-order valence-electron chi connectivity index (χ3n) is 3.89. The maximum Gasteiger partial charge on any atom is 0.407 e. The van der Waals surface area contributed by atoms with Crippen molar-refractivity contribution in [2.45, 2.75) is 57.4 Å². The zero-order chi connectivity index (χ0) is 17.9. The van der Waals surface area contributed by atoms with Gasteiger partial charge in [0.2, 0.25) is 0 Å². The number of hydrogen-bond acceptors (Lipinski definition) is 6. The van der Waals surface area contributed by atoms with Crippen molar-refractivity contribution in [1.82, 2.24) is 10.4 Å². The van der Waals surface area contributed by atoms with Crippen molar-refractivity contribution >= 4 is 32.0 Å². The summed E-state index contributed by atoms with van der Waals surface area (Å²) in [7, 11) is -1.31. The fourth-order valence-electron chi connectivity index (χ4n) is 2.22. The number of amides is 3. The highest BCUT2D eigenvalue weighted by Gasteiger charge is 2.42. The van der Waals surface area contributed by atoms with Gasteiger partial charge in [-0.15, -0.1) is 5.06 Å². The van der Waals surface area contributed by atoms with Gasteiger partial charge in [-0.3, -0.25) is 9.59 Å². The van der Waals surface area contributed by atoms with Crippen molar-refractivity contribution in [3.05, 3.63) is 0 Å². The van der Waals surface area contributed by atoms with Gasteiger partial charge >= 0.3 is 12.1 Å². The van der Waals surface area contributed by atoms with Crippen LogP contribution in [0.3, 0.4) is 0 Å². The fourth-order valence-corrected chi connectivity index (χ4v) is 2.94. The molecule has 0 aromatic heterocycles. The number of hydrogen-bond donors (Lipinski definition) is 1. The van der Waals surface area contributed by atoms with Gasteiger partial charge in [-0.2, -0.15) is 0 Å². The first kappa shape index (κ1) is 18.4. The molecule has 2 rings (SSSR count). The van der Waals surface area contributed by atoms with Crippen LogP contribution in [-0.4, -0.2) is 49.7 Å². The van der Waals surface area contributed by atoms with Gasteiger partial charge in [-0.25, -0.2) is 9.59 Å². The zero-order valence-electron chi connectivity index (χ0n) is 14.3. The molecule has 9 heteroatoms. The molecule has 0 spiro atoms. The lowest BCUT2D eigenvalue weighted by atomic mass is 10.2. The van der Waals surface area contributed by atoms with Gasteiger partial charge in [0.15, 0.2) is 0 Å². The number of nitrogens with one attached hydrogen (secondary N) is 1. The highest BCUT2D eigenvalue weighted by molar-refractivity contribution is 6.76. The topological polar surface area (TPSA) is 102 Å². The first-order valence-corrected chi connectivity index (χ1v) is 11.9. The Balaban J connectivity index is 1.85. The van der Waals surface area contributed by atoms with Crippen LogP contribution in [0.15, 0.2) is 0 Å². The van der Waals surface area contributed by atoms with Crippen LogP contribution >= 0.6 is 0 Å². The van der Waals surface area contributed by atoms with E-state index in [1.165, 1.54) is 0 Å². The molecule has 0 aromatic rings. The van der Waals surface area contributed by atoms with E-state index >= 15 is 0 Å². The Morgan fingerprint density at radius 3 is 2.29 bits per heavy atom. The molecule has 2 aliphatic rings. The van der Waals surface area contributed by atoms with Crippen LogP contribution in [0.4, 0.5) is 4.79 Å². The van der Waals surface area contributed by atoms with Crippen LogP contribution in [0, 0.1) is 5.92 Å². The van der Waals surface area contributed by atoms with E-state index in [2.05, 4.69) is 25.0 Å². The molecule has 1 saturated heterocycles. The summed E-state index contributed by atoms with van der Waals surface area (Å²) in [5.41, 5.74) is 0. The van der Waals surface area contributed by atoms with E-state index in [4.69, 9.17) is 9.57 Å². The van der Waals surface area contributed by atoms with E-state index in [1.807, 2.05) is 0 Å². The van der Waals surface area contributed by atoms with Gasteiger partial charge in [0, 0.05) is 20.9 Å². The Labute approximate surface area is 141 Å². The maximum absolute atomic E-state index is 12.2. The number of hydroxylamine groups is 2. The molecular formula is C15H24N2O6Si. The van der Waals surface area contributed by atoms with Crippen LogP contribution < -0.4 is 5.32 Å². The number of nitrogens with zero attached hydrogens (tertiary/aromatic N) is 1. The number of carbonyl (C=O) groups excluding carboxylic acids is 4. The van der Waals surface area contributed by atoms with Gasteiger partial charge < -0.3 is 14.9 Å². The van der Waals surface area contributed by atoms with Crippen LogP contribution in [-0.2, 0) is 24.0 Å². The molecule has 0 unspecified atom stereocenters. The number of rotatable bonds is 7. The second-order valence-corrected chi connectivity index (χ2v) is 13.0. The highest BCUT2D eigenvalue weighted by atomic mass is 28.3. The molecule has 0 bridgehead atoms. The lowest BCUT2D eigenvalue weighted by Crippen LogP contribution is -2.47. The summed E-state index contributed by atoms with van der Waals surface area (Å²) >= 11 is 0. The molecule has 1 atom stereocenters. The molecule has 2 fully saturated rings. The monoisotopic (exact) mass is 356 g/mol. The van der Waals surface area contributed by atoms with E-state index in [-0.39, 0.29) is 18.8 Å². The standard InChI is InChI=1S/C15H24N2O6Si/c1-24(2,3)9-8-22-15(21)16-13(10-4-5-10)14(20)23-17-11(18)6-7-12(17)19/h10,13H,4-9H2,1-3H3,(H,16,21)/t13-/m0/s1. The largest absolute Gasteiger partial charge is 0.450 e. The summed E-state index contributed by atoms with van der Waals surface area (Å²) in [5, 5.41) is 3.00. The minimum atomic E-state index is -1.31. The molecule has 8 nitrogen and oxygen atoms in total.